The van der Waals surface area contributed by atoms with Crippen LogP contribution in [0.4, 0.5) is 0 Å². The number of carbonyl (C=O) groups excluding carboxylic acids is 1. The largest absolute Gasteiger partial charge is 0.469 e. The predicted molar refractivity (Wildman–Crippen MR) is 52.2 cm³/mol. The monoisotopic (exact) mass is 194 g/mol. The fourth-order valence-electron chi connectivity index (χ4n) is 1.66. The molecule has 1 amide bonds. The lowest BCUT2D eigenvalue weighted by Gasteiger charge is -2.10. The van der Waals surface area contributed by atoms with Gasteiger partial charge in [0.15, 0.2) is 0 Å². The molecule has 1 aromatic heterocycles. The lowest BCUT2D eigenvalue weighted by Crippen LogP contribution is -2.36. The minimum Gasteiger partial charge on any atom is -0.469 e. The van der Waals surface area contributed by atoms with Gasteiger partial charge in [0, 0.05) is 12.6 Å². The molecule has 1 atom stereocenters. The van der Waals surface area contributed by atoms with Gasteiger partial charge in [0.05, 0.1) is 11.8 Å². The smallest absolute Gasteiger partial charge is 0.255 e. The second-order valence-electron chi connectivity index (χ2n) is 3.55. The molecule has 1 aliphatic rings. The number of rotatable bonds is 2. The molecule has 4 nitrogen and oxygen atoms in total. The molecule has 14 heavy (non-hydrogen) atoms. The van der Waals surface area contributed by atoms with Crippen molar-refractivity contribution in [3.05, 3.63) is 23.7 Å². The number of furan rings is 1. The van der Waals surface area contributed by atoms with Gasteiger partial charge in [-0.25, -0.2) is 0 Å². The SMILES string of the molecule is Cc1occc1C(=O)N[C@H]1CCNC1. The standard InChI is InChI=1S/C10H14N2O2/c1-7-9(3-5-14-7)10(13)12-8-2-4-11-6-8/h3,5,8,11H,2,4,6H2,1H3,(H,12,13)/t8-/m0/s1. The second-order valence-corrected chi connectivity index (χ2v) is 3.55. The van der Waals surface area contributed by atoms with Crippen LogP contribution in [0.5, 0.6) is 0 Å². The minimum absolute atomic E-state index is 0.0371. The Bertz CT molecular complexity index is 327. The average molecular weight is 194 g/mol. The topological polar surface area (TPSA) is 54.3 Å². The lowest BCUT2D eigenvalue weighted by atomic mass is 10.2. The van der Waals surface area contributed by atoms with Crippen LogP contribution in [-0.2, 0) is 0 Å². The van der Waals surface area contributed by atoms with E-state index in [1.165, 1.54) is 6.26 Å². The first kappa shape index (κ1) is 9.27. The third kappa shape index (κ3) is 1.80. The summed E-state index contributed by atoms with van der Waals surface area (Å²) in [5.41, 5.74) is 0.636. The van der Waals surface area contributed by atoms with Gasteiger partial charge in [-0.2, -0.15) is 0 Å². The zero-order valence-electron chi connectivity index (χ0n) is 8.17. The molecule has 4 heteroatoms. The van der Waals surface area contributed by atoms with Gasteiger partial charge < -0.3 is 15.1 Å². The summed E-state index contributed by atoms with van der Waals surface area (Å²) in [7, 11) is 0. The maximum atomic E-state index is 11.7. The molecule has 0 radical (unpaired) electrons. The van der Waals surface area contributed by atoms with Gasteiger partial charge in [0.1, 0.15) is 5.76 Å². The molecule has 0 unspecified atom stereocenters. The van der Waals surface area contributed by atoms with Crippen LogP contribution in [-0.4, -0.2) is 25.0 Å². The summed E-state index contributed by atoms with van der Waals surface area (Å²) >= 11 is 0. The number of nitrogens with one attached hydrogen (secondary N) is 2. The highest BCUT2D eigenvalue weighted by Crippen LogP contribution is 2.09. The van der Waals surface area contributed by atoms with Crippen molar-refractivity contribution in [3.8, 4) is 0 Å². The fourth-order valence-corrected chi connectivity index (χ4v) is 1.66. The van der Waals surface area contributed by atoms with E-state index in [0.29, 0.717) is 11.3 Å². The van der Waals surface area contributed by atoms with Crippen molar-refractivity contribution in [2.75, 3.05) is 13.1 Å². The van der Waals surface area contributed by atoms with Gasteiger partial charge in [-0.1, -0.05) is 0 Å². The lowest BCUT2D eigenvalue weighted by molar-refractivity contribution is 0.0938. The summed E-state index contributed by atoms with van der Waals surface area (Å²) in [5, 5.41) is 6.16. The highest BCUT2D eigenvalue weighted by molar-refractivity contribution is 5.95. The first-order valence-electron chi connectivity index (χ1n) is 4.83. The van der Waals surface area contributed by atoms with Crippen LogP contribution < -0.4 is 10.6 Å². The van der Waals surface area contributed by atoms with Crippen molar-refractivity contribution in [2.24, 2.45) is 0 Å². The van der Waals surface area contributed by atoms with Crippen molar-refractivity contribution in [1.82, 2.24) is 10.6 Å². The van der Waals surface area contributed by atoms with E-state index in [-0.39, 0.29) is 11.9 Å². The average Bonchev–Trinajstić information content (AvgIpc) is 2.75. The van der Waals surface area contributed by atoms with Gasteiger partial charge in [-0.3, -0.25) is 4.79 Å². The zero-order chi connectivity index (χ0) is 9.97. The van der Waals surface area contributed by atoms with E-state index in [2.05, 4.69) is 10.6 Å². The van der Waals surface area contributed by atoms with Crippen LogP contribution in [0.25, 0.3) is 0 Å². The molecule has 2 N–H and O–H groups in total. The summed E-state index contributed by atoms with van der Waals surface area (Å²) in [6.45, 7) is 3.64. The first-order valence-corrected chi connectivity index (χ1v) is 4.83. The maximum Gasteiger partial charge on any atom is 0.255 e. The predicted octanol–water partition coefficient (Wildman–Crippen LogP) is 0.680. The number of amides is 1. The quantitative estimate of drug-likeness (QED) is 0.728. The summed E-state index contributed by atoms with van der Waals surface area (Å²) in [5.74, 6) is 0.637. The number of hydrogen-bond acceptors (Lipinski definition) is 3. The van der Waals surface area contributed by atoms with E-state index in [9.17, 15) is 4.79 Å². The fraction of sp³-hybridized carbons (Fsp3) is 0.500. The van der Waals surface area contributed by atoms with E-state index in [1.807, 2.05) is 0 Å². The third-order valence-corrected chi connectivity index (χ3v) is 2.50. The van der Waals surface area contributed by atoms with Crippen LogP contribution in [0, 0.1) is 6.92 Å². The highest BCUT2D eigenvalue weighted by atomic mass is 16.3. The van der Waals surface area contributed by atoms with Crippen LogP contribution in [0.3, 0.4) is 0 Å². The van der Waals surface area contributed by atoms with E-state index >= 15 is 0 Å². The summed E-state index contributed by atoms with van der Waals surface area (Å²) in [4.78, 5) is 11.7. The Kier molecular flexibility index (Phi) is 2.54. The van der Waals surface area contributed by atoms with E-state index in [4.69, 9.17) is 4.42 Å². The Morgan fingerprint density at radius 3 is 3.14 bits per heavy atom. The van der Waals surface area contributed by atoms with Crippen molar-refractivity contribution < 1.29 is 9.21 Å². The molecule has 1 aromatic rings. The summed E-state index contributed by atoms with van der Waals surface area (Å²) in [6.07, 6.45) is 2.54. The number of aryl methyl sites for hydroxylation is 1. The Hall–Kier alpha value is -1.29. The Morgan fingerprint density at radius 2 is 2.57 bits per heavy atom. The third-order valence-electron chi connectivity index (χ3n) is 2.50. The molecule has 0 saturated carbocycles. The maximum absolute atomic E-state index is 11.7. The Balaban J connectivity index is 1.98. The molecular weight excluding hydrogens is 180 g/mol. The van der Waals surface area contributed by atoms with Crippen LogP contribution in [0.15, 0.2) is 16.7 Å². The van der Waals surface area contributed by atoms with Crippen molar-refractivity contribution in [3.63, 3.8) is 0 Å². The molecule has 2 heterocycles. The molecule has 0 spiro atoms. The van der Waals surface area contributed by atoms with Gasteiger partial charge in [0.2, 0.25) is 0 Å². The zero-order valence-corrected chi connectivity index (χ0v) is 8.17. The number of hydrogen-bond donors (Lipinski definition) is 2. The second kappa shape index (κ2) is 3.84. The summed E-state index contributed by atoms with van der Waals surface area (Å²) in [6, 6.07) is 1.96. The highest BCUT2D eigenvalue weighted by Gasteiger charge is 2.19. The molecule has 76 valence electrons. The van der Waals surface area contributed by atoms with Crippen LogP contribution >= 0.6 is 0 Å². The van der Waals surface area contributed by atoms with Gasteiger partial charge in [-0.15, -0.1) is 0 Å². The van der Waals surface area contributed by atoms with Crippen molar-refractivity contribution in [1.29, 1.82) is 0 Å². The molecular formula is C10H14N2O2. The Labute approximate surface area is 82.7 Å². The van der Waals surface area contributed by atoms with Crippen LogP contribution in [0.2, 0.25) is 0 Å². The molecule has 0 bridgehead atoms. The number of carbonyl (C=O) groups is 1. The molecule has 0 aromatic carbocycles. The molecule has 1 aliphatic heterocycles. The molecule has 1 fully saturated rings. The van der Waals surface area contributed by atoms with Gasteiger partial charge in [-0.05, 0) is 26.0 Å². The van der Waals surface area contributed by atoms with Gasteiger partial charge >= 0.3 is 0 Å². The molecule has 1 saturated heterocycles. The van der Waals surface area contributed by atoms with Crippen molar-refractivity contribution in [2.45, 2.75) is 19.4 Å². The van der Waals surface area contributed by atoms with Crippen LogP contribution in [0.1, 0.15) is 22.5 Å². The Morgan fingerprint density at radius 1 is 1.71 bits per heavy atom. The molecule has 2 rings (SSSR count). The summed E-state index contributed by atoms with van der Waals surface area (Å²) < 4.78 is 5.07. The van der Waals surface area contributed by atoms with Gasteiger partial charge in [0.25, 0.3) is 5.91 Å². The normalized spacial score (nSPS) is 21.1. The van der Waals surface area contributed by atoms with Crippen molar-refractivity contribution >= 4 is 5.91 Å². The first-order chi connectivity index (χ1) is 6.77. The minimum atomic E-state index is -0.0371. The molecule has 0 aliphatic carbocycles. The van der Waals surface area contributed by atoms with E-state index in [1.54, 1.807) is 13.0 Å². The van der Waals surface area contributed by atoms with E-state index in [0.717, 1.165) is 19.5 Å². The van der Waals surface area contributed by atoms with E-state index < -0.39 is 0 Å².